The summed E-state index contributed by atoms with van der Waals surface area (Å²) in [5, 5.41) is 3.07. The summed E-state index contributed by atoms with van der Waals surface area (Å²) in [5.74, 6) is -0.355. The maximum atomic E-state index is 12.4. The second-order valence-corrected chi connectivity index (χ2v) is 4.43. The van der Waals surface area contributed by atoms with Crippen LogP contribution >= 0.6 is 11.6 Å². The molecule has 20 heavy (non-hydrogen) atoms. The summed E-state index contributed by atoms with van der Waals surface area (Å²) in [5.41, 5.74) is 0.0303. The lowest BCUT2D eigenvalue weighted by molar-refractivity contribution is -0.140. The Morgan fingerprint density at radius 3 is 2.55 bits per heavy atom. The fraction of sp³-hybridized carbons (Fsp3) is 0.500. The monoisotopic (exact) mass is 309 g/mol. The number of hydrogen-bond acceptors (Lipinski definition) is 3. The van der Waals surface area contributed by atoms with Crippen molar-refractivity contribution in [3.05, 3.63) is 22.8 Å². The van der Waals surface area contributed by atoms with Crippen molar-refractivity contribution in [1.82, 2.24) is 9.88 Å². The number of nitrogens with one attached hydrogen (secondary N) is 1. The maximum absolute atomic E-state index is 12.4. The molecule has 1 aromatic heterocycles. The van der Waals surface area contributed by atoms with E-state index in [2.05, 4.69) is 10.3 Å². The van der Waals surface area contributed by atoms with Gasteiger partial charge in [-0.15, -0.1) is 0 Å². The predicted molar refractivity (Wildman–Crippen MR) is 71.0 cm³/mol. The van der Waals surface area contributed by atoms with E-state index < -0.39 is 18.6 Å². The molecule has 0 saturated heterocycles. The molecule has 0 unspecified atom stereocenters. The van der Waals surface area contributed by atoms with Crippen LogP contribution in [0.1, 0.15) is 24.2 Å². The molecule has 0 atom stereocenters. The first kappa shape index (κ1) is 16.6. The van der Waals surface area contributed by atoms with Crippen LogP contribution in [0, 0.1) is 0 Å². The van der Waals surface area contributed by atoms with E-state index >= 15 is 0 Å². The van der Waals surface area contributed by atoms with Gasteiger partial charge in [-0.1, -0.05) is 11.6 Å². The minimum absolute atomic E-state index is 0.0303. The van der Waals surface area contributed by atoms with E-state index in [1.54, 1.807) is 0 Å². The molecule has 0 aliphatic carbocycles. The van der Waals surface area contributed by atoms with Crippen molar-refractivity contribution < 1.29 is 18.0 Å². The molecule has 0 saturated carbocycles. The molecule has 0 bridgehead atoms. The molecule has 1 rings (SSSR count). The van der Waals surface area contributed by atoms with Crippen LogP contribution in [0.25, 0.3) is 0 Å². The van der Waals surface area contributed by atoms with E-state index in [1.165, 1.54) is 19.2 Å². The van der Waals surface area contributed by atoms with Crippen molar-refractivity contribution in [2.45, 2.75) is 20.0 Å². The number of aromatic nitrogens is 1. The molecule has 1 heterocycles. The molecule has 0 aliphatic heterocycles. The van der Waals surface area contributed by atoms with Gasteiger partial charge in [0.25, 0.3) is 5.91 Å². The number of rotatable bonds is 5. The first-order valence-corrected chi connectivity index (χ1v) is 6.41. The van der Waals surface area contributed by atoms with Gasteiger partial charge in [-0.05, 0) is 19.9 Å². The molecule has 0 fully saturated rings. The van der Waals surface area contributed by atoms with E-state index in [0.29, 0.717) is 17.3 Å². The highest BCUT2D eigenvalue weighted by Crippen LogP contribution is 2.22. The summed E-state index contributed by atoms with van der Waals surface area (Å²) in [6.07, 6.45) is -3.22. The molecule has 1 aromatic rings. The number of anilines is 1. The molecule has 1 N–H and O–H groups in total. The summed E-state index contributed by atoms with van der Waals surface area (Å²) in [6.45, 7) is 2.57. The largest absolute Gasteiger partial charge is 0.406 e. The lowest BCUT2D eigenvalue weighted by atomic mass is 10.2. The lowest BCUT2D eigenvalue weighted by Crippen LogP contribution is -2.38. The van der Waals surface area contributed by atoms with E-state index in [0.717, 1.165) is 0 Å². The Hall–Kier alpha value is -1.50. The molecule has 0 aliphatic rings. The molecule has 8 heteroatoms. The van der Waals surface area contributed by atoms with Gasteiger partial charge >= 0.3 is 6.18 Å². The Labute approximate surface area is 119 Å². The van der Waals surface area contributed by atoms with Gasteiger partial charge in [-0.2, -0.15) is 13.2 Å². The molecule has 0 radical (unpaired) electrons. The highest BCUT2D eigenvalue weighted by Gasteiger charge is 2.32. The number of carbonyl (C=O) groups excluding carboxylic acids is 1. The fourth-order valence-corrected chi connectivity index (χ4v) is 1.81. The quantitative estimate of drug-likeness (QED) is 0.908. The topological polar surface area (TPSA) is 45.2 Å². The summed E-state index contributed by atoms with van der Waals surface area (Å²) in [7, 11) is 0. The van der Waals surface area contributed by atoms with Gasteiger partial charge in [-0.3, -0.25) is 4.79 Å². The van der Waals surface area contributed by atoms with Crippen LogP contribution in [-0.4, -0.2) is 41.6 Å². The van der Waals surface area contributed by atoms with Crippen LogP contribution in [0.4, 0.5) is 19.0 Å². The number of amides is 1. The Kier molecular flexibility index (Phi) is 5.62. The minimum atomic E-state index is -4.44. The van der Waals surface area contributed by atoms with Crippen LogP contribution in [0.2, 0.25) is 5.02 Å². The molecule has 0 aromatic carbocycles. The average Bonchev–Trinajstić information content (AvgIpc) is 2.36. The number of hydrogen-bond donors (Lipinski definition) is 1. The maximum Gasteiger partial charge on any atom is 0.406 e. The predicted octanol–water partition coefficient (Wildman–Crippen LogP) is 3.19. The third kappa shape index (κ3) is 4.56. The van der Waals surface area contributed by atoms with Crippen molar-refractivity contribution >= 4 is 23.3 Å². The van der Waals surface area contributed by atoms with Crippen molar-refractivity contribution in [3.8, 4) is 0 Å². The Morgan fingerprint density at radius 1 is 1.45 bits per heavy atom. The average molecular weight is 310 g/mol. The molecule has 112 valence electrons. The zero-order chi connectivity index (χ0) is 15.3. The van der Waals surface area contributed by atoms with Gasteiger partial charge in [0.1, 0.15) is 12.4 Å². The minimum Gasteiger partial charge on any atom is -0.369 e. The van der Waals surface area contributed by atoms with Crippen LogP contribution in [0.5, 0.6) is 0 Å². The summed E-state index contributed by atoms with van der Waals surface area (Å²) in [4.78, 5) is 16.6. The smallest absolute Gasteiger partial charge is 0.369 e. The van der Waals surface area contributed by atoms with Crippen LogP contribution in [0.15, 0.2) is 12.3 Å². The standard InChI is InChI=1S/C12H15ClF3N3O/c1-3-17-10-9(13)5-8(6-18-10)11(20)19(4-2)7-12(14,15)16/h5-6H,3-4,7H2,1-2H3,(H,17,18). The third-order valence-corrected chi connectivity index (χ3v) is 2.76. The van der Waals surface area contributed by atoms with Crippen LogP contribution < -0.4 is 5.32 Å². The van der Waals surface area contributed by atoms with Crippen LogP contribution in [-0.2, 0) is 0 Å². The van der Waals surface area contributed by atoms with Crippen molar-refractivity contribution in [2.75, 3.05) is 25.0 Å². The summed E-state index contributed by atoms with van der Waals surface area (Å²) < 4.78 is 37.1. The molecule has 4 nitrogen and oxygen atoms in total. The van der Waals surface area contributed by atoms with E-state index in [1.807, 2.05) is 6.92 Å². The van der Waals surface area contributed by atoms with Gasteiger partial charge in [0.15, 0.2) is 0 Å². The van der Waals surface area contributed by atoms with Gasteiger partial charge < -0.3 is 10.2 Å². The normalized spacial score (nSPS) is 11.3. The van der Waals surface area contributed by atoms with E-state index in [4.69, 9.17) is 11.6 Å². The van der Waals surface area contributed by atoms with Crippen molar-refractivity contribution in [2.24, 2.45) is 0 Å². The molecular formula is C12H15ClF3N3O. The third-order valence-electron chi connectivity index (χ3n) is 2.47. The van der Waals surface area contributed by atoms with Crippen LogP contribution in [0.3, 0.4) is 0 Å². The van der Waals surface area contributed by atoms with Gasteiger partial charge in [0.2, 0.25) is 0 Å². The molecule has 1 amide bonds. The second kappa shape index (κ2) is 6.78. The number of nitrogens with zero attached hydrogens (tertiary/aromatic N) is 2. The van der Waals surface area contributed by atoms with Gasteiger partial charge in [0.05, 0.1) is 10.6 Å². The second-order valence-electron chi connectivity index (χ2n) is 4.02. The number of carbonyl (C=O) groups is 1. The SMILES string of the molecule is CCNc1ncc(C(=O)N(CC)CC(F)(F)F)cc1Cl. The highest BCUT2D eigenvalue weighted by atomic mass is 35.5. The summed E-state index contributed by atoms with van der Waals surface area (Å²) in [6, 6.07) is 1.31. The molecular weight excluding hydrogens is 295 g/mol. The first-order valence-electron chi connectivity index (χ1n) is 6.04. The first-order chi connectivity index (χ1) is 9.28. The summed E-state index contributed by atoms with van der Waals surface area (Å²) >= 11 is 5.92. The lowest BCUT2D eigenvalue weighted by Gasteiger charge is -2.22. The van der Waals surface area contributed by atoms with Gasteiger partial charge in [0, 0.05) is 19.3 Å². The highest BCUT2D eigenvalue weighted by molar-refractivity contribution is 6.33. The van der Waals surface area contributed by atoms with E-state index in [-0.39, 0.29) is 17.1 Å². The van der Waals surface area contributed by atoms with Crippen molar-refractivity contribution in [3.63, 3.8) is 0 Å². The zero-order valence-corrected chi connectivity index (χ0v) is 11.8. The number of halogens is 4. The van der Waals surface area contributed by atoms with Crippen molar-refractivity contribution in [1.29, 1.82) is 0 Å². The number of pyridine rings is 1. The Balaban J connectivity index is 2.93. The van der Waals surface area contributed by atoms with Gasteiger partial charge in [-0.25, -0.2) is 4.98 Å². The Bertz CT molecular complexity index is 480. The molecule has 0 spiro atoms. The number of alkyl halides is 3. The fourth-order valence-electron chi connectivity index (χ4n) is 1.58. The van der Waals surface area contributed by atoms with E-state index in [9.17, 15) is 18.0 Å². The zero-order valence-electron chi connectivity index (χ0n) is 11.1. The Morgan fingerprint density at radius 2 is 2.10 bits per heavy atom.